The van der Waals surface area contributed by atoms with Gasteiger partial charge in [-0.1, -0.05) is 0 Å². The zero-order valence-electron chi connectivity index (χ0n) is 14.6. The smallest absolute Gasteiger partial charge is 0.185 e. The van der Waals surface area contributed by atoms with E-state index < -0.39 is 0 Å². The van der Waals surface area contributed by atoms with E-state index in [1.807, 2.05) is 11.3 Å². The quantitative estimate of drug-likeness (QED) is 0.796. The highest BCUT2D eigenvalue weighted by atomic mass is 32.1. The topological polar surface area (TPSA) is 37.8 Å². The van der Waals surface area contributed by atoms with Gasteiger partial charge < -0.3 is 14.4 Å². The van der Waals surface area contributed by atoms with Crippen LogP contribution in [0.1, 0.15) is 29.8 Å². The maximum atomic E-state index is 6.10. The number of aryl methyl sites for hydroxylation is 1. The van der Waals surface area contributed by atoms with Gasteiger partial charge in [0.05, 0.1) is 25.0 Å². The third-order valence-electron chi connectivity index (χ3n) is 4.76. The first-order valence-electron chi connectivity index (χ1n) is 8.67. The Labute approximate surface area is 143 Å². The molecule has 130 valence electrons. The molecule has 1 aromatic heterocycles. The van der Waals surface area contributed by atoms with E-state index in [2.05, 4.69) is 35.8 Å². The van der Waals surface area contributed by atoms with Gasteiger partial charge in [0.15, 0.2) is 5.13 Å². The SMILES string of the molecule is Cc1nc(N(C)C)sc1CN1CCC(OC[C@@H]2CCOC2)CC1. The predicted octanol–water partition coefficient (Wildman–Crippen LogP) is 2.54. The molecule has 0 spiro atoms. The third kappa shape index (κ3) is 4.66. The summed E-state index contributed by atoms with van der Waals surface area (Å²) in [4.78, 5) is 10.7. The van der Waals surface area contributed by atoms with E-state index in [1.54, 1.807) is 0 Å². The molecular formula is C17H29N3O2S. The lowest BCUT2D eigenvalue weighted by Gasteiger charge is -2.32. The summed E-state index contributed by atoms with van der Waals surface area (Å²) >= 11 is 1.82. The third-order valence-corrected chi connectivity index (χ3v) is 6.07. The van der Waals surface area contributed by atoms with E-state index in [0.29, 0.717) is 12.0 Å². The second kappa shape index (κ2) is 7.92. The number of thiazole rings is 1. The van der Waals surface area contributed by atoms with Crippen LogP contribution in [0.4, 0.5) is 5.13 Å². The molecule has 0 saturated carbocycles. The maximum absolute atomic E-state index is 6.10. The van der Waals surface area contributed by atoms with E-state index in [1.165, 1.54) is 10.6 Å². The Balaban J connectivity index is 1.42. The number of ether oxygens (including phenoxy) is 2. The number of hydrogen-bond donors (Lipinski definition) is 0. The van der Waals surface area contributed by atoms with Crippen LogP contribution in [0.25, 0.3) is 0 Å². The van der Waals surface area contributed by atoms with Gasteiger partial charge in [0.25, 0.3) is 0 Å². The van der Waals surface area contributed by atoms with E-state index in [0.717, 1.165) is 63.8 Å². The Bertz CT molecular complexity index is 492. The van der Waals surface area contributed by atoms with Crippen molar-refractivity contribution in [2.24, 2.45) is 5.92 Å². The molecule has 0 aromatic carbocycles. The van der Waals surface area contributed by atoms with Crippen molar-refractivity contribution in [1.82, 2.24) is 9.88 Å². The summed E-state index contributed by atoms with van der Waals surface area (Å²) < 4.78 is 11.5. The van der Waals surface area contributed by atoms with Crippen LogP contribution in [0.15, 0.2) is 0 Å². The minimum atomic E-state index is 0.437. The second-order valence-electron chi connectivity index (χ2n) is 6.94. The lowest BCUT2D eigenvalue weighted by atomic mass is 10.1. The van der Waals surface area contributed by atoms with E-state index in [-0.39, 0.29) is 0 Å². The van der Waals surface area contributed by atoms with Crippen LogP contribution in [0, 0.1) is 12.8 Å². The lowest BCUT2D eigenvalue weighted by molar-refractivity contribution is -0.0115. The molecule has 0 bridgehead atoms. The van der Waals surface area contributed by atoms with Crippen molar-refractivity contribution in [2.45, 2.75) is 38.8 Å². The van der Waals surface area contributed by atoms with Gasteiger partial charge in [-0.15, -0.1) is 11.3 Å². The Morgan fingerprint density at radius 3 is 2.70 bits per heavy atom. The van der Waals surface area contributed by atoms with Crippen LogP contribution < -0.4 is 4.90 Å². The molecule has 2 saturated heterocycles. The molecule has 2 aliphatic heterocycles. The second-order valence-corrected chi connectivity index (χ2v) is 8.00. The molecule has 2 aliphatic rings. The molecular weight excluding hydrogens is 310 g/mol. The van der Waals surface area contributed by atoms with Crippen molar-refractivity contribution < 1.29 is 9.47 Å². The van der Waals surface area contributed by atoms with E-state index in [9.17, 15) is 0 Å². The van der Waals surface area contributed by atoms with E-state index >= 15 is 0 Å². The fourth-order valence-corrected chi connectivity index (χ4v) is 4.20. The summed E-state index contributed by atoms with van der Waals surface area (Å²) in [5.41, 5.74) is 1.18. The zero-order valence-corrected chi connectivity index (χ0v) is 15.4. The summed E-state index contributed by atoms with van der Waals surface area (Å²) in [6.07, 6.45) is 3.89. The molecule has 6 heteroatoms. The maximum Gasteiger partial charge on any atom is 0.185 e. The molecule has 1 aromatic rings. The van der Waals surface area contributed by atoms with Gasteiger partial charge in [-0.2, -0.15) is 0 Å². The molecule has 0 amide bonds. The summed E-state index contributed by atoms with van der Waals surface area (Å²) in [5.74, 6) is 0.623. The molecule has 3 heterocycles. The van der Waals surface area contributed by atoms with Crippen LogP contribution in [0.2, 0.25) is 0 Å². The average Bonchev–Trinajstić information content (AvgIpc) is 3.17. The van der Waals surface area contributed by atoms with Crippen molar-refractivity contribution in [3.63, 3.8) is 0 Å². The van der Waals surface area contributed by atoms with Gasteiger partial charge in [0.1, 0.15) is 0 Å². The lowest BCUT2D eigenvalue weighted by Crippen LogP contribution is -2.37. The number of hydrogen-bond acceptors (Lipinski definition) is 6. The Morgan fingerprint density at radius 2 is 2.09 bits per heavy atom. The predicted molar refractivity (Wildman–Crippen MR) is 94.4 cm³/mol. The summed E-state index contributed by atoms with van der Waals surface area (Å²) in [6, 6.07) is 0. The van der Waals surface area contributed by atoms with Crippen LogP contribution in [-0.4, -0.2) is 63.0 Å². The first kappa shape index (κ1) is 17.1. The Morgan fingerprint density at radius 1 is 1.30 bits per heavy atom. The summed E-state index contributed by atoms with van der Waals surface area (Å²) in [5, 5.41) is 1.11. The molecule has 0 aliphatic carbocycles. The highest BCUT2D eigenvalue weighted by molar-refractivity contribution is 7.15. The van der Waals surface area contributed by atoms with Crippen LogP contribution >= 0.6 is 11.3 Å². The standard InChI is InChI=1S/C17H29N3O2S/c1-13-16(23-17(18-13)19(2)3)10-20-7-4-15(5-8-20)22-12-14-6-9-21-11-14/h14-15H,4-12H2,1-3H3/t14-/m1/s1. The molecule has 3 rings (SSSR count). The van der Waals surface area contributed by atoms with Crippen molar-refractivity contribution >= 4 is 16.5 Å². The van der Waals surface area contributed by atoms with Gasteiger partial charge in [-0.3, -0.25) is 4.90 Å². The molecule has 2 fully saturated rings. The van der Waals surface area contributed by atoms with Gasteiger partial charge in [0, 0.05) is 51.1 Å². The minimum absolute atomic E-state index is 0.437. The van der Waals surface area contributed by atoms with Crippen molar-refractivity contribution in [3.8, 4) is 0 Å². The average molecular weight is 340 g/mol. The van der Waals surface area contributed by atoms with Crippen molar-refractivity contribution in [3.05, 3.63) is 10.6 Å². The molecule has 5 nitrogen and oxygen atoms in total. The van der Waals surface area contributed by atoms with Crippen molar-refractivity contribution in [2.75, 3.05) is 51.9 Å². The van der Waals surface area contributed by atoms with Gasteiger partial charge in [-0.05, 0) is 26.2 Å². The molecule has 1 atom stereocenters. The first-order chi connectivity index (χ1) is 11.1. The van der Waals surface area contributed by atoms with Crippen LogP contribution in [0.3, 0.4) is 0 Å². The highest BCUT2D eigenvalue weighted by Gasteiger charge is 2.23. The monoisotopic (exact) mass is 339 g/mol. The van der Waals surface area contributed by atoms with Crippen LogP contribution in [0.5, 0.6) is 0 Å². The number of aromatic nitrogens is 1. The number of piperidine rings is 1. The fraction of sp³-hybridized carbons (Fsp3) is 0.824. The first-order valence-corrected chi connectivity index (χ1v) is 9.49. The van der Waals surface area contributed by atoms with Crippen LogP contribution in [-0.2, 0) is 16.0 Å². The van der Waals surface area contributed by atoms with Gasteiger partial charge in [0.2, 0.25) is 0 Å². The van der Waals surface area contributed by atoms with E-state index in [4.69, 9.17) is 9.47 Å². The Kier molecular flexibility index (Phi) is 5.91. The molecule has 0 unspecified atom stereocenters. The fourth-order valence-electron chi connectivity index (χ4n) is 3.17. The normalized spacial score (nSPS) is 23.5. The van der Waals surface area contributed by atoms with Crippen molar-refractivity contribution in [1.29, 1.82) is 0 Å². The molecule has 23 heavy (non-hydrogen) atoms. The zero-order chi connectivity index (χ0) is 16.2. The number of nitrogens with zero attached hydrogens (tertiary/aromatic N) is 3. The van der Waals surface area contributed by atoms with Gasteiger partial charge in [-0.25, -0.2) is 4.98 Å². The number of rotatable bonds is 6. The summed E-state index contributed by atoms with van der Waals surface area (Å²) in [6.45, 7) is 8.08. The molecule has 0 radical (unpaired) electrons. The summed E-state index contributed by atoms with van der Waals surface area (Å²) in [7, 11) is 4.11. The Hall–Kier alpha value is -0.690. The largest absolute Gasteiger partial charge is 0.381 e. The molecule has 0 N–H and O–H groups in total. The highest BCUT2D eigenvalue weighted by Crippen LogP contribution is 2.27. The number of likely N-dealkylation sites (tertiary alicyclic amines) is 1. The number of anilines is 1. The van der Waals surface area contributed by atoms with Gasteiger partial charge >= 0.3 is 0 Å². The minimum Gasteiger partial charge on any atom is -0.381 e.